The van der Waals surface area contributed by atoms with Gasteiger partial charge in [-0.15, -0.1) is 24.0 Å². The fourth-order valence-corrected chi connectivity index (χ4v) is 2.00. The topological polar surface area (TPSA) is 103 Å². The fourth-order valence-electron chi connectivity index (χ4n) is 2.00. The van der Waals surface area contributed by atoms with Gasteiger partial charge in [0.15, 0.2) is 5.96 Å². The zero-order valence-corrected chi connectivity index (χ0v) is 15.5. The minimum Gasteiger partial charge on any atom is -0.380 e. The second-order valence-corrected chi connectivity index (χ2v) is 4.84. The zero-order valence-electron chi connectivity index (χ0n) is 13.1. The van der Waals surface area contributed by atoms with Gasteiger partial charge in [-0.3, -0.25) is 10.1 Å². The van der Waals surface area contributed by atoms with Gasteiger partial charge in [-0.1, -0.05) is 30.3 Å². The van der Waals surface area contributed by atoms with Crippen molar-refractivity contribution in [3.63, 3.8) is 0 Å². The molecule has 2 aromatic rings. The van der Waals surface area contributed by atoms with Crippen molar-refractivity contribution in [2.75, 3.05) is 12.4 Å². The molecule has 0 heterocycles. The smallest absolute Gasteiger partial charge is 0.269 e. The molecule has 24 heavy (non-hydrogen) atoms. The molecule has 0 aliphatic heterocycles. The van der Waals surface area contributed by atoms with E-state index in [2.05, 4.69) is 10.3 Å². The van der Waals surface area contributed by atoms with Crippen LogP contribution in [0.3, 0.4) is 0 Å². The quantitative estimate of drug-likeness (QED) is 0.235. The fraction of sp³-hybridized carbons (Fsp3) is 0.188. The Bertz CT molecular complexity index is 705. The molecule has 0 atom stereocenters. The number of methoxy groups -OCH3 is 1. The third-order valence-electron chi connectivity index (χ3n) is 3.16. The van der Waals surface area contributed by atoms with Crippen LogP contribution in [0.1, 0.15) is 11.1 Å². The summed E-state index contributed by atoms with van der Waals surface area (Å²) in [6.07, 6.45) is 0. The van der Waals surface area contributed by atoms with Crippen molar-refractivity contribution in [1.82, 2.24) is 0 Å². The van der Waals surface area contributed by atoms with E-state index in [-0.39, 0.29) is 35.6 Å². The minimum absolute atomic E-state index is 0. The number of nitrogens with zero attached hydrogens (tertiary/aromatic N) is 2. The standard InChI is InChI=1S/C16H18N4O3.HI/c1-23-11-13-4-2-3-5-15(13)19-16(17)18-10-12-6-8-14(9-7-12)20(21)22;/h2-9H,10-11H2,1H3,(H3,17,18,19);1H. The van der Waals surface area contributed by atoms with Crippen LogP contribution >= 0.6 is 24.0 Å². The molecule has 2 rings (SSSR count). The summed E-state index contributed by atoms with van der Waals surface area (Å²) in [4.78, 5) is 14.4. The number of aliphatic imine (C=N–C) groups is 1. The Morgan fingerprint density at radius 2 is 1.92 bits per heavy atom. The number of hydrogen-bond donors (Lipinski definition) is 2. The summed E-state index contributed by atoms with van der Waals surface area (Å²) in [5.74, 6) is 0.270. The summed E-state index contributed by atoms with van der Waals surface area (Å²) in [5, 5.41) is 13.6. The Hall–Kier alpha value is -2.20. The van der Waals surface area contributed by atoms with Crippen molar-refractivity contribution in [3.05, 3.63) is 69.8 Å². The lowest BCUT2D eigenvalue weighted by atomic mass is 10.2. The average Bonchev–Trinajstić information content (AvgIpc) is 2.55. The molecular formula is C16H19IN4O3. The van der Waals surface area contributed by atoms with Crippen LogP contribution in [0.4, 0.5) is 11.4 Å². The Morgan fingerprint density at radius 1 is 1.25 bits per heavy atom. The molecule has 7 nitrogen and oxygen atoms in total. The number of nitro benzene ring substituents is 1. The van der Waals surface area contributed by atoms with Crippen LogP contribution in [0.2, 0.25) is 0 Å². The average molecular weight is 442 g/mol. The van der Waals surface area contributed by atoms with E-state index in [1.165, 1.54) is 12.1 Å². The van der Waals surface area contributed by atoms with Gasteiger partial charge in [0.25, 0.3) is 5.69 Å². The molecule has 0 saturated heterocycles. The van der Waals surface area contributed by atoms with Crippen LogP contribution in [-0.4, -0.2) is 18.0 Å². The van der Waals surface area contributed by atoms with E-state index in [1.54, 1.807) is 19.2 Å². The van der Waals surface area contributed by atoms with Gasteiger partial charge in [-0.2, -0.15) is 0 Å². The van der Waals surface area contributed by atoms with E-state index < -0.39 is 4.92 Å². The number of nitrogens with one attached hydrogen (secondary N) is 1. The SMILES string of the molecule is COCc1ccccc1NC(N)=NCc1ccc([N+](=O)[O-])cc1.I. The Kier molecular flexibility index (Phi) is 8.13. The van der Waals surface area contributed by atoms with E-state index in [9.17, 15) is 10.1 Å². The number of ether oxygens (including phenoxy) is 1. The van der Waals surface area contributed by atoms with Crippen molar-refractivity contribution in [1.29, 1.82) is 0 Å². The van der Waals surface area contributed by atoms with E-state index in [0.717, 1.165) is 16.8 Å². The van der Waals surface area contributed by atoms with Crippen molar-refractivity contribution >= 4 is 41.3 Å². The van der Waals surface area contributed by atoms with E-state index in [1.807, 2.05) is 24.3 Å². The third-order valence-corrected chi connectivity index (χ3v) is 3.16. The number of hydrogen-bond acceptors (Lipinski definition) is 4. The predicted molar refractivity (Wildman–Crippen MR) is 105 cm³/mol. The molecule has 0 aliphatic rings. The molecule has 8 heteroatoms. The normalized spacial score (nSPS) is 10.8. The summed E-state index contributed by atoms with van der Waals surface area (Å²) >= 11 is 0. The van der Waals surface area contributed by atoms with Crippen LogP contribution in [-0.2, 0) is 17.9 Å². The van der Waals surface area contributed by atoms with Crippen LogP contribution in [0.25, 0.3) is 0 Å². The lowest BCUT2D eigenvalue weighted by Gasteiger charge is -2.10. The highest BCUT2D eigenvalue weighted by Gasteiger charge is 2.04. The monoisotopic (exact) mass is 442 g/mol. The summed E-state index contributed by atoms with van der Waals surface area (Å²) in [6, 6.07) is 13.9. The molecule has 0 bridgehead atoms. The number of guanidine groups is 1. The molecule has 0 radical (unpaired) electrons. The van der Waals surface area contributed by atoms with Crippen molar-refractivity contribution in [3.8, 4) is 0 Å². The largest absolute Gasteiger partial charge is 0.380 e. The molecule has 0 saturated carbocycles. The highest BCUT2D eigenvalue weighted by atomic mass is 127. The maximum Gasteiger partial charge on any atom is 0.269 e. The maximum atomic E-state index is 10.6. The Labute approximate surface area is 157 Å². The number of halogens is 1. The van der Waals surface area contributed by atoms with Gasteiger partial charge in [0.1, 0.15) is 0 Å². The molecule has 0 aromatic heterocycles. The summed E-state index contributed by atoms with van der Waals surface area (Å²) in [6.45, 7) is 0.808. The van der Waals surface area contributed by atoms with Gasteiger partial charge in [0.05, 0.1) is 18.1 Å². The number of nitro groups is 1. The minimum atomic E-state index is -0.435. The molecule has 0 spiro atoms. The molecule has 0 unspecified atom stereocenters. The first-order chi connectivity index (χ1) is 11.1. The molecule has 0 fully saturated rings. The molecule has 128 valence electrons. The second-order valence-electron chi connectivity index (χ2n) is 4.84. The third kappa shape index (κ3) is 5.78. The van der Waals surface area contributed by atoms with E-state index in [0.29, 0.717) is 13.2 Å². The van der Waals surface area contributed by atoms with Gasteiger partial charge in [-0.25, -0.2) is 4.99 Å². The number of rotatable bonds is 6. The van der Waals surface area contributed by atoms with E-state index in [4.69, 9.17) is 10.5 Å². The van der Waals surface area contributed by atoms with Crippen LogP contribution in [0, 0.1) is 10.1 Å². The molecule has 2 aromatic carbocycles. The number of nitrogens with two attached hydrogens (primary N) is 1. The molecular weight excluding hydrogens is 423 g/mol. The Balaban J connectivity index is 0.00000288. The van der Waals surface area contributed by atoms with E-state index >= 15 is 0 Å². The number of non-ortho nitro benzene ring substituents is 1. The lowest BCUT2D eigenvalue weighted by Crippen LogP contribution is -2.23. The second kappa shape index (κ2) is 9.83. The molecule has 3 N–H and O–H groups in total. The van der Waals surface area contributed by atoms with Gasteiger partial charge >= 0.3 is 0 Å². The van der Waals surface area contributed by atoms with Crippen LogP contribution < -0.4 is 11.1 Å². The van der Waals surface area contributed by atoms with Gasteiger partial charge in [-0.05, 0) is 11.6 Å². The van der Waals surface area contributed by atoms with Gasteiger partial charge < -0.3 is 15.8 Å². The zero-order chi connectivity index (χ0) is 16.7. The highest BCUT2D eigenvalue weighted by Crippen LogP contribution is 2.16. The van der Waals surface area contributed by atoms with Gasteiger partial charge in [0.2, 0.25) is 0 Å². The lowest BCUT2D eigenvalue weighted by molar-refractivity contribution is -0.384. The molecule has 0 amide bonds. The highest BCUT2D eigenvalue weighted by molar-refractivity contribution is 14.0. The van der Waals surface area contributed by atoms with Crippen LogP contribution in [0.15, 0.2) is 53.5 Å². The summed E-state index contributed by atoms with van der Waals surface area (Å²) < 4.78 is 5.13. The number of para-hydroxylation sites is 1. The first-order valence-corrected chi connectivity index (χ1v) is 6.97. The Morgan fingerprint density at radius 3 is 2.54 bits per heavy atom. The van der Waals surface area contributed by atoms with Crippen LogP contribution in [0.5, 0.6) is 0 Å². The van der Waals surface area contributed by atoms with Crippen molar-refractivity contribution in [2.24, 2.45) is 10.7 Å². The first-order valence-electron chi connectivity index (χ1n) is 6.97. The summed E-state index contributed by atoms with van der Waals surface area (Å²) in [5.41, 5.74) is 8.59. The number of anilines is 1. The number of benzene rings is 2. The predicted octanol–water partition coefficient (Wildman–Crippen LogP) is 3.29. The maximum absolute atomic E-state index is 10.6. The first kappa shape index (κ1) is 19.8. The van der Waals surface area contributed by atoms with Gasteiger partial charge in [0, 0.05) is 30.5 Å². The summed E-state index contributed by atoms with van der Waals surface area (Å²) in [7, 11) is 1.63. The molecule has 0 aliphatic carbocycles. The van der Waals surface area contributed by atoms with Crippen molar-refractivity contribution < 1.29 is 9.66 Å². The van der Waals surface area contributed by atoms with Crippen molar-refractivity contribution in [2.45, 2.75) is 13.2 Å².